The SMILES string of the molecule is C=CCN(C(=O)C1N([C@H](CO)c2ccccc2)C(=O)[C@@H]2[C@@H](C(=O)OCC)[C@H]3CCC12O3)c1ccc(OC)cc1. The van der Waals surface area contributed by atoms with Gasteiger partial charge in [0.05, 0.1) is 44.3 Å². The maximum absolute atomic E-state index is 14.6. The summed E-state index contributed by atoms with van der Waals surface area (Å²) in [5.41, 5.74) is 0.0665. The van der Waals surface area contributed by atoms with Crippen LogP contribution in [0.25, 0.3) is 0 Å². The molecule has 0 aliphatic carbocycles. The van der Waals surface area contributed by atoms with Gasteiger partial charge in [-0.1, -0.05) is 36.4 Å². The minimum absolute atomic E-state index is 0.176. The number of fused-ring (bicyclic) bond motifs is 1. The zero-order chi connectivity index (χ0) is 27.7. The molecule has 6 atom stereocenters. The largest absolute Gasteiger partial charge is 0.497 e. The summed E-state index contributed by atoms with van der Waals surface area (Å²) >= 11 is 0. The van der Waals surface area contributed by atoms with E-state index in [0.717, 1.165) is 0 Å². The van der Waals surface area contributed by atoms with Crippen LogP contribution >= 0.6 is 0 Å². The number of rotatable bonds is 10. The van der Waals surface area contributed by atoms with Crippen LogP contribution in [0.1, 0.15) is 31.4 Å². The van der Waals surface area contributed by atoms with Crippen LogP contribution in [0, 0.1) is 11.8 Å². The fraction of sp³-hybridized carbons (Fsp3) is 0.433. The van der Waals surface area contributed by atoms with Crippen LogP contribution in [0.4, 0.5) is 5.69 Å². The van der Waals surface area contributed by atoms with Crippen molar-refractivity contribution in [3.05, 3.63) is 72.8 Å². The molecule has 2 aromatic carbocycles. The smallest absolute Gasteiger partial charge is 0.312 e. The van der Waals surface area contributed by atoms with Crippen LogP contribution in [0.2, 0.25) is 0 Å². The Balaban J connectivity index is 1.63. The number of aliphatic hydroxyl groups excluding tert-OH is 1. The van der Waals surface area contributed by atoms with E-state index in [-0.39, 0.29) is 25.0 Å². The molecule has 3 fully saturated rings. The number of ether oxygens (including phenoxy) is 3. The van der Waals surface area contributed by atoms with Crippen molar-refractivity contribution in [1.29, 1.82) is 0 Å². The maximum atomic E-state index is 14.6. The van der Waals surface area contributed by atoms with E-state index < -0.39 is 48.2 Å². The van der Waals surface area contributed by atoms with Crippen LogP contribution in [0.15, 0.2) is 67.3 Å². The number of esters is 1. The average Bonchev–Trinajstić information content (AvgIpc) is 3.60. The normalized spacial score (nSPS) is 27.7. The molecule has 3 aliphatic heterocycles. The second kappa shape index (κ2) is 10.8. The summed E-state index contributed by atoms with van der Waals surface area (Å²) in [6.45, 7) is 5.51. The van der Waals surface area contributed by atoms with E-state index in [1.54, 1.807) is 49.3 Å². The summed E-state index contributed by atoms with van der Waals surface area (Å²) < 4.78 is 17.1. The number of carbonyl (C=O) groups excluding carboxylic acids is 3. The minimum atomic E-state index is -1.22. The predicted molar refractivity (Wildman–Crippen MR) is 143 cm³/mol. The fourth-order valence-corrected chi connectivity index (χ4v) is 6.60. The number of likely N-dealkylation sites (tertiary alicyclic amines) is 1. The summed E-state index contributed by atoms with van der Waals surface area (Å²) in [5, 5.41) is 10.6. The lowest BCUT2D eigenvalue weighted by Crippen LogP contribution is -2.57. The molecular weight excluding hydrogens is 500 g/mol. The molecule has 1 spiro atoms. The highest BCUT2D eigenvalue weighted by molar-refractivity contribution is 6.05. The zero-order valence-corrected chi connectivity index (χ0v) is 22.2. The lowest BCUT2D eigenvalue weighted by Gasteiger charge is -2.39. The number of amides is 2. The first kappa shape index (κ1) is 26.9. The first-order chi connectivity index (χ1) is 18.9. The Labute approximate surface area is 227 Å². The van der Waals surface area contributed by atoms with Crippen molar-refractivity contribution >= 4 is 23.5 Å². The number of aliphatic hydroxyl groups is 1. The number of nitrogens with zero attached hydrogens (tertiary/aromatic N) is 2. The second-order valence-electron chi connectivity index (χ2n) is 10.1. The van der Waals surface area contributed by atoms with Gasteiger partial charge >= 0.3 is 5.97 Å². The van der Waals surface area contributed by atoms with E-state index in [2.05, 4.69) is 6.58 Å². The Bertz CT molecular complexity index is 1230. The first-order valence-corrected chi connectivity index (χ1v) is 13.3. The second-order valence-corrected chi connectivity index (χ2v) is 10.1. The van der Waals surface area contributed by atoms with Crippen LogP contribution in [0.5, 0.6) is 5.75 Å². The van der Waals surface area contributed by atoms with E-state index in [0.29, 0.717) is 29.8 Å². The molecule has 0 saturated carbocycles. The molecule has 5 rings (SSSR count). The van der Waals surface area contributed by atoms with E-state index in [9.17, 15) is 19.5 Å². The summed E-state index contributed by atoms with van der Waals surface area (Å²) in [5.74, 6) is -2.30. The Morgan fingerprint density at radius 2 is 1.95 bits per heavy atom. The van der Waals surface area contributed by atoms with Gasteiger partial charge in [-0.05, 0) is 49.6 Å². The number of anilines is 1. The molecule has 2 bridgehead atoms. The highest BCUT2D eigenvalue weighted by Gasteiger charge is 2.75. The topological polar surface area (TPSA) is 106 Å². The van der Waals surface area contributed by atoms with Crippen molar-refractivity contribution in [2.75, 3.05) is 31.8 Å². The van der Waals surface area contributed by atoms with Crippen molar-refractivity contribution in [1.82, 2.24) is 4.90 Å². The Kier molecular flexibility index (Phi) is 7.46. The predicted octanol–water partition coefficient (Wildman–Crippen LogP) is 2.89. The van der Waals surface area contributed by atoms with Crippen LogP contribution in [0.3, 0.4) is 0 Å². The maximum Gasteiger partial charge on any atom is 0.312 e. The number of hydrogen-bond acceptors (Lipinski definition) is 7. The molecule has 3 heterocycles. The first-order valence-electron chi connectivity index (χ1n) is 13.3. The van der Waals surface area contributed by atoms with Crippen molar-refractivity contribution in [2.24, 2.45) is 11.8 Å². The van der Waals surface area contributed by atoms with Crippen molar-refractivity contribution < 1.29 is 33.7 Å². The van der Waals surface area contributed by atoms with E-state index in [1.807, 2.05) is 30.3 Å². The van der Waals surface area contributed by atoms with Gasteiger partial charge in [0.15, 0.2) is 0 Å². The van der Waals surface area contributed by atoms with E-state index in [1.165, 1.54) is 4.90 Å². The summed E-state index contributed by atoms with van der Waals surface area (Å²) in [4.78, 5) is 45.0. The molecular formula is C30H34N2O7. The highest BCUT2D eigenvalue weighted by Crippen LogP contribution is 2.60. The van der Waals surface area contributed by atoms with E-state index >= 15 is 0 Å². The van der Waals surface area contributed by atoms with Gasteiger partial charge in [0.1, 0.15) is 17.4 Å². The summed E-state index contributed by atoms with van der Waals surface area (Å²) in [6, 6.07) is 14.3. The average molecular weight is 535 g/mol. The van der Waals surface area contributed by atoms with Crippen molar-refractivity contribution in [3.8, 4) is 5.75 Å². The number of methoxy groups -OCH3 is 1. The molecule has 3 aliphatic rings. The molecule has 0 radical (unpaired) electrons. The zero-order valence-electron chi connectivity index (χ0n) is 22.2. The van der Waals surface area contributed by atoms with Crippen LogP contribution in [-0.4, -0.2) is 72.4 Å². The van der Waals surface area contributed by atoms with Gasteiger partial charge in [0.25, 0.3) is 5.91 Å². The van der Waals surface area contributed by atoms with Gasteiger partial charge in [0, 0.05) is 12.2 Å². The molecule has 206 valence electrons. The summed E-state index contributed by atoms with van der Waals surface area (Å²) in [7, 11) is 1.56. The number of carbonyl (C=O) groups is 3. The quantitative estimate of drug-likeness (QED) is 0.369. The van der Waals surface area contributed by atoms with Gasteiger partial charge in [-0.2, -0.15) is 0 Å². The molecule has 1 N–H and O–H groups in total. The van der Waals surface area contributed by atoms with Gasteiger partial charge in [-0.3, -0.25) is 14.4 Å². The third-order valence-corrected chi connectivity index (χ3v) is 8.19. The Hall–Kier alpha value is -3.69. The minimum Gasteiger partial charge on any atom is -0.497 e. The number of benzene rings is 2. The number of hydrogen-bond donors (Lipinski definition) is 1. The molecule has 2 unspecified atom stereocenters. The van der Waals surface area contributed by atoms with Crippen molar-refractivity contribution in [2.45, 2.75) is 43.6 Å². The standard InChI is InChI=1S/C30H34N2O7/c1-4-17-31(20-11-13-21(37-3)14-12-20)28(35)26-30-16-15-23(39-30)24(29(36)38-5-2)25(30)27(34)32(26)22(18-33)19-9-7-6-8-10-19/h4,6-14,22-26,33H,1,5,15-18H2,2-3H3/t22-,23-,24+,25+,26?,30?/m1/s1. The van der Waals surface area contributed by atoms with E-state index in [4.69, 9.17) is 14.2 Å². The summed E-state index contributed by atoms with van der Waals surface area (Å²) in [6.07, 6.45) is 2.08. The Morgan fingerprint density at radius 3 is 2.56 bits per heavy atom. The molecule has 2 amide bonds. The van der Waals surface area contributed by atoms with Gasteiger partial charge < -0.3 is 29.1 Å². The van der Waals surface area contributed by atoms with Crippen LogP contribution in [-0.2, 0) is 23.9 Å². The van der Waals surface area contributed by atoms with Gasteiger partial charge in [-0.15, -0.1) is 6.58 Å². The lowest BCUT2D eigenvalue weighted by molar-refractivity contribution is -0.155. The lowest BCUT2D eigenvalue weighted by atomic mass is 9.70. The molecule has 3 saturated heterocycles. The monoisotopic (exact) mass is 534 g/mol. The molecule has 2 aromatic rings. The molecule has 39 heavy (non-hydrogen) atoms. The Morgan fingerprint density at radius 1 is 1.23 bits per heavy atom. The third-order valence-electron chi connectivity index (χ3n) is 8.19. The molecule has 9 heteroatoms. The van der Waals surface area contributed by atoms with Crippen LogP contribution < -0.4 is 9.64 Å². The highest BCUT2D eigenvalue weighted by atomic mass is 16.6. The molecule has 9 nitrogen and oxygen atoms in total. The molecule has 0 aromatic heterocycles. The third kappa shape index (κ3) is 4.30. The van der Waals surface area contributed by atoms with Gasteiger partial charge in [0.2, 0.25) is 5.91 Å². The van der Waals surface area contributed by atoms with Gasteiger partial charge in [-0.25, -0.2) is 0 Å². The fourth-order valence-electron chi connectivity index (χ4n) is 6.60. The van der Waals surface area contributed by atoms with Crippen molar-refractivity contribution in [3.63, 3.8) is 0 Å².